The third-order valence-electron chi connectivity index (χ3n) is 4.62. The summed E-state index contributed by atoms with van der Waals surface area (Å²) in [5, 5.41) is 0. The van der Waals surface area contributed by atoms with Gasteiger partial charge >= 0.3 is 159 Å². The van der Waals surface area contributed by atoms with Crippen LogP contribution in [0, 0.1) is 0 Å². The molecule has 0 amide bonds. The Kier molecular flexibility index (Phi) is 6.68. The van der Waals surface area contributed by atoms with E-state index in [2.05, 4.69) is 83.7 Å². The molecule has 0 N–H and O–H groups in total. The van der Waals surface area contributed by atoms with Crippen LogP contribution in [0.15, 0.2) is 80.6 Å². The molecule has 130 valence electrons. The number of hydrogen-bond donors (Lipinski definition) is 0. The average molecular weight is 433 g/mol. The van der Waals surface area contributed by atoms with E-state index in [-0.39, 0.29) is 24.6 Å². The Balaban J connectivity index is 2.55. The fourth-order valence-corrected chi connectivity index (χ4v) is 6.98. The van der Waals surface area contributed by atoms with Gasteiger partial charge in [0.15, 0.2) is 0 Å². The number of allylic oxidation sites excluding steroid dienone is 13. The zero-order valence-electron chi connectivity index (χ0n) is 15.7. The van der Waals surface area contributed by atoms with Crippen molar-refractivity contribution >= 4 is 0 Å². The number of fused-ring (bicyclic) bond motifs is 1. The van der Waals surface area contributed by atoms with Crippen molar-refractivity contribution in [2.24, 2.45) is 0 Å². The quantitative estimate of drug-likeness (QED) is 0.340. The number of hydrogen-bond acceptors (Lipinski definition) is 0. The second-order valence-electron chi connectivity index (χ2n) is 6.75. The fraction of sp³-hybridized carbons (Fsp3) is 0.391. The van der Waals surface area contributed by atoms with Crippen molar-refractivity contribution in [1.82, 2.24) is 0 Å². The van der Waals surface area contributed by atoms with Crippen LogP contribution >= 0.6 is 0 Å². The van der Waals surface area contributed by atoms with Crippen LogP contribution in [0.4, 0.5) is 0 Å². The molecule has 0 nitrogen and oxygen atoms in total. The molecule has 0 aromatic heterocycles. The van der Waals surface area contributed by atoms with E-state index in [1.807, 2.05) is 0 Å². The third-order valence-corrected chi connectivity index (χ3v) is 8.16. The van der Waals surface area contributed by atoms with Crippen molar-refractivity contribution in [3.05, 3.63) is 80.6 Å². The second-order valence-corrected chi connectivity index (χ2v) is 10.7. The Hall–Kier alpha value is -1.09. The molecule has 2 aliphatic rings. The molecule has 0 spiro atoms. The molecule has 24 heavy (non-hydrogen) atoms. The van der Waals surface area contributed by atoms with Crippen molar-refractivity contribution in [2.75, 3.05) is 0 Å². The minimum atomic E-state index is -0.141. The predicted molar refractivity (Wildman–Crippen MR) is 104 cm³/mol. The predicted octanol–water partition coefficient (Wildman–Crippen LogP) is 3.81. The second kappa shape index (κ2) is 8.33. The van der Waals surface area contributed by atoms with Crippen LogP contribution < -0.4 is 21.2 Å². The van der Waals surface area contributed by atoms with Gasteiger partial charge in [0, 0.05) is 0 Å². The van der Waals surface area contributed by atoms with Crippen LogP contribution in [0.2, 0.25) is 0 Å². The zero-order valence-corrected chi connectivity index (χ0v) is 17.9. The summed E-state index contributed by atoms with van der Waals surface area (Å²) in [4.78, 5) is 0. The SMILES string of the molecule is C=C/C(C1=CC(/C=C\C)=C2C=C(C)C=CC2(C)[I-]1)=C(/C)CCCC. The van der Waals surface area contributed by atoms with Gasteiger partial charge in [-0.2, -0.15) is 0 Å². The number of rotatable bonds is 6. The molecule has 0 fully saturated rings. The summed E-state index contributed by atoms with van der Waals surface area (Å²) in [6.07, 6.45) is 19.7. The topological polar surface area (TPSA) is 0 Å². The van der Waals surface area contributed by atoms with Crippen LogP contribution in [0.1, 0.15) is 53.9 Å². The first-order chi connectivity index (χ1) is 11.4. The van der Waals surface area contributed by atoms with E-state index in [4.69, 9.17) is 0 Å². The van der Waals surface area contributed by atoms with E-state index in [1.54, 1.807) is 0 Å². The Morgan fingerprint density at radius 1 is 1.33 bits per heavy atom. The molecule has 1 atom stereocenters. The van der Waals surface area contributed by atoms with Crippen molar-refractivity contribution in [2.45, 2.75) is 57.3 Å². The van der Waals surface area contributed by atoms with Gasteiger partial charge in [-0.1, -0.05) is 0 Å². The van der Waals surface area contributed by atoms with Crippen LogP contribution in [0.5, 0.6) is 0 Å². The molecule has 0 bridgehead atoms. The molecule has 0 aromatic rings. The van der Waals surface area contributed by atoms with E-state index in [9.17, 15) is 0 Å². The summed E-state index contributed by atoms with van der Waals surface area (Å²) in [7, 11) is 0. The number of unbranched alkanes of at least 4 members (excludes halogenated alkanes) is 1. The summed E-state index contributed by atoms with van der Waals surface area (Å²) in [5.41, 5.74) is 7.11. The average Bonchev–Trinajstić information content (AvgIpc) is 2.55. The first-order valence-corrected chi connectivity index (χ1v) is 11.1. The molecule has 1 heteroatoms. The molecular formula is C23H30I-. The number of halogens is 1. The molecule has 0 saturated carbocycles. The van der Waals surface area contributed by atoms with Crippen LogP contribution in [-0.4, -0.2) is 3.42 Å². The Morgan fingerprint density at radius 3 is 2.71 bits per heavy atom. The van der Waals surface area contributed by atoms with Gasteiger partial charge in [0.25, 0.3) is 0 Å². The summed E-state index contributed by atoms with van der Waals surface area (Å²) in [5.74, 6) is 0. The summed E-state index contributed by atoms with van der Waals surface area (Å²) >= 11 is -0.141. The molecule has 1 aliphatic carbocycles. The monoisotopic (exact) mass is 433 g/mol. The Bertz CT molecular complexity index is 692. The van der Waals surface area contributed by atoms with Gasteiger partial charge in [-0.3, -0.25) is 0 Å². The van der Waals surface area contributed by atoms with Crippen molar-refractivity contribution < 1.29 is 21.2 Å². The van der Waals surface area contributed by atoms with E-state index >= 15 is 0 Å². The van der Waals surface area contributed by atoms with Gasteiger partial charge in [0.1, 0.15) is 0 Å². The van der Waals surface area contributed by atoms with Crippen LogP contribution in [0.3, 0.4) is 0 Å². The van der Waals surface area contributed by atoms with E-state index in [0.717, 1.165) is 0 Å². The van der Waals surface area contributed by atoms with Crippen LogP contribution in [0.25, 0.3) is 0 Å². The van der Waals surface area contributed by atoms with E-state index in [1.165, 1.54) is 50.7 Å². The molecule has 1 heterocycles. The van der Waals surface area contributed by atoms with E-state index < -0.39 is 0 Å². The summed E-state index contributed by atoms with van der Waals surface area (Å²) in [6.45, 7) is 15.4. The number of alkyl halides is 1. The van der Waals surface area contributed by atoms with Gasteiger partial charge in [-0.05, 0) is 0 Å². The molecule has 2 rings (SSSR count). The summed E-state index contributed by atoms with van der Waals surface area (Å²) in [6, 6.07) is 0. The first kappa shape index (κ1) is 19.2. The maximum absolute atomic E-state index is 4.13. The maximum atomic E-state index is 4.13. The standard InChI is InChI=1S/C23H30I/c1-7-10-12-18(5)20(9-3)22-16-19(11-8-2)21-15-17(4)13-14-23(21,6)24-22/h8-9,11,13-16H,3,7,10,12H2,1-2,4-6H3/q-1/b11-8-,20-18+. The fourth-order valence-electron chi connectivity index (χ4n) is 3.19. The first-order valence-electron chi connectivity index (χ1n) is 8.90. The van der Waals surface area contributed by atoms with Gasteiger partial charge < -0.3 is 0 Å². The van der Waals surface area contributed by atoms with Crippen molar-refractivity contribution in [3.8, 4) is 0 Å². The Morgan fingerprint density at radius 2 is 2.08 bits per heavy atom. The molecule has 0 radical (unpaired) electrons. The molecule has 0 aromatic carbocycles. The molecule has 1 unspecified atom stereocenters. The summed E-state index contributed by atoms with van der Waals surface area (Å²) < 4.78 is 1.73. The van der Waals surface area contributed by atoms with Gasteiger partial charge in [-0.25, -0.2) is 0 Å². The zero-order chi connectivity index (χ0) is 17.7. The van der Waals surface area contributed by atoms with E-state index in [0.29, 0.717) is 0 Å². The molecule has 1 aliphatic heterocycles. The normalized spacial score (nSPS) is 24.9. The van der Waals surface area contributed by atoms with Gasteiger partial charge in [0.2, 0.25) is 0 Å². The van der Waals surface area contributed by atoms with Crippen LogP contribution in [-0.2, 0) is 0 Å². The minimum absolute atomic E-state index is 0.141. The van der Waals surface area contributed by atoms with Gasteiger partial charge in [-0.15, -0.1) is 0 Å². The van der Waals surface area contributed by atoms with Gasteiger partial charge in [0.05, 0.1) is 0 Å². The third kappa shape index (κ3) is 4.11. The van der Waals surface area contributed by atoms with Crippen molar-refractivity contribution in [1.29, 1.82) is 0 Å². The Labute approximate surface area is 158 Å². The molecular weight excluding hydrogens is 403 g/mol. The van der Waals surface area contributed by atoms with Crippen molar-refractivity contribution in [3.63, 3.8) is 0 Å². The molecule has 0 saturated heterocycles.